The number of fused-ring (bicyclic) bond motifs is 1. The lowest BCUT2D eigenvalue weighted by Crippen LogP contribution is -2.29. The van der Waals surface area contributed by atoms with Gasteiger partial charge in [0.25, 0.3) is 5.91 Å². The van der Waals surface area contributed by atoms with E-state index in [1.165, 1.54) is 10.4 Å². The number of amides is 1. The van der Waals surface area contributed by atoms with Gasteiger partial charge in [0.15, 0.2) is 5.13 Å². The van der Waals surface area contributed by atoms with Gasteiger partial charge in [0.05, 0.1) is 12.8 Å². The Bertz CT molecular complexity index is 929. The molecule has 0 spiro atoms. The average Bonchev–Trinajstić information content (AvgIpc) is 3.10. The molecule has 1 aliphatic heterocycles. The maximum absolute atomic E-state index is 12.4. The lowest BCUT2D eigenvalue weighted by molar-refractivity contribution is 0.102. The van der Waals surface area contributed by atoms with Crippen LogP contribution in [0, 0.1) is 0 Å². The molecule has 0 bridgehead atoms. The predicted octanol–water partition coefficient (Wildman–Crippen LogP) is 4.38. The van der Waals surface area contributed by atoms with Crippen LogP contribution in [0.1, 0.15) is 26.5 Å². The number of rotatable bonds is 5. The van der Waals surface area contributed by atoms with E-state index in [0.29, 0.717) is 10.7 Å². The molecule has 3 aromatic rings. The number of aromatic nitrogens is 1. The monoisotopic (exact) mass is 415 g/mol. The van der Waals surface area contributed by atoms with E-state index in [9.17, 15) is 4.79 Å². The topological polar surface area (TPSA) is 54.5 Å². The first kappa shape index (κ1) is 20.3. The number of nitrogens with zero attached hydrogens (tertiary/aromatic N) is 2. The number of carbonyl (C=O) groups is 1. The van der Waals surface area contributed by atoms with E-state index in [2.05, 4.69) is 39.5 Å². The molecule has 5 nitrogen and oxygen atoms in total. The second-order valence-corrected chi connectivity index (χ2v) is 7.60. The minimum absolute atomic E-state index is 0. The lowest BCUT2D eigenvalue weighted by Gasteiger charge is -2.25. The minimum atomic E-state index is -0.148. The Balaban J connectivity index is 0.00000225. The van der Waals surface area contributed by atoms with Gasteiger partial charge in [-0.2, -0.15) is 0 Å². The Morgan fingerprint density at radius 1 is 1.18 bits per heavy atom. The molecule has 146 valence electrons. The van der Waals surface area contributed by atoms with Crippen molar-refractivity contribution in [3.05, 3.63) is 76.3 Å². The summed E-state index contributed by atoms with van der Waals surface area (Å²) < 4.78 is 5.13. The van der Waals surface area contributed by atoms with Crippen molar-refractivity contribution in [2.45, 2.75) is 19.5 Å². The van der Waals surface area contributed by atoms with Crippen LogP contribution in [0.3, 0.4) is 0 Å². The third kappa shape index (κ3) is 4.70. The van der Waals surface area contributed by atoms with Gasteiger partial charge in [-0.15, -0.1) is 23.7 Å². The first-order valence-corrected chi connectivity index (χ1v) is 9.73. The van der Waals surface area contributed by atoms with Crippen LogP contribution in [0.25, 0.3) is 0 Å². The third-order valence-electron chi connectivity index (χ3n) is 4.63. The molecule has 2 heterocycles. The molecule has 0 aliphatic carbocycles. The van der Waals surface area contributed by atoms with Gasteiger partial charge in [0, 0.05) is 36.5 Å². The van der Waals surface area contributed by atoms with Crippen molar-refractivity contribution < 1.29 is 9.53 Å². The van der Waals surface area contributed by atoms with Crippen molar-refractivity contribution in [3.8, 4) is 5.75 Å². The fourth-order valence-corrected chi connectivity index (χ4v) is 4.24. The summed E-state index contributed by atoms with van der Waals surface area (Å²) in [5.41, 5.74) is 3.02. The smallest absolute Gasteiger partial charge is 0.257 e. The van der Waals surface area contributed by atoms with E-state index >= 15 is 0 Å². The molecule has 0 saturated carbocycles. The van der Waals surface area contributed by atoms with Gasteiger partial charge < -0.3 is 4.74 Å². The molecule has 1 amide bonds. The summed E-state index contributed by atoms with van der Waals surface area (Å²) >= 11 is 1.57. The molecule has 2 aromatic carbocycles. The van der Waals surface area contributed by atoms with E-state index < -0.39 is 0 Å². The maximum Gasteiger partial charge on any atom is 0.257 e. The van der Waals surface area contributed by atoms with Crippen LogP contribution in [-0.2, 0) is 19.5 Å². The number of hydrogen-bond acceptors (Lipinski definition) is 5. The first-order chi connectivity index (χ1) is 13.2. The molecule has 0 saturated heterocycles. The number of hydrogen-bond donors (Lipinski definition) is 1. The van der Waals surface area contributed by atoms with Crippen molar-refractivity contribution in [2.75, 3.05) is 19.0 Å². The number of methoxy groups -OCH3 is 1. The molecule has 0 unspecified atom stereocenters. The average molecular weight is 416 g/mol. The molecule has 1 aromatic heterocycles. The van der Waals surface area contributed by atoms with Gasteiger partial charge in [0.1, 0.15) is 5.75 Å². The molecule has 0 atom stereocenters. The molecule has 1 aliphatic rings. The molecule has 28 heavy (non-hydrogen) atoms. The summed E-state index contributed by atoms with van der Waals surface area (Å²) in [6, 6.07) is 17.6. The number of halogens is 1. The Morgan fingerprint density at radius 2 is 1.93 bits per heavy atom. The Morgan fingerprint density at radius 3 is 2.64 bits per heavy atom. The highest BCUT2D eigenvalue weighted by atomic mass is 35.5. The zero-order chi connectivity index (χ0) is 18.6. The third-order valence-corrected chi connectivity index (χ3v) is 5.63. The van der Waals surface area contributed by atoms with Crippen molar-refractivity contribution in [1.29, 1.82) is 0 Å². The van der Waals surface area contributed by atoms with Gasteiger partial charge in [0.2, 0.25) is 0 Å². The molecule has 7 heteroatoms. The molecular formula is C21H22ClN3O2S. The minimum Gasteiger partial charge on any atom is -0.497 e. The van der Waals surface area contributed by atoms with Crippen molar-refractivity contribution >= 4 is 34.8 Å². The summed E-state index contributed by atoms with van der Waals surface area (Å²) in [6.45, 7) is 2.80. The number of nitrogens with one attached hydrogen (secondary N) is 1. The number of anilines is 1. The largest absolute Gasteiger partial charge is 0.497 e. The molecule has 1 N–H and O–H groups in total. The van der Waals surface area contributed by atoms with Crippen LogP contribution in [0.4, 0.5) is 5.13 Å². The normalized spacial score (nSPS) is 13.3. The quantitative estimate of drug-likeness (QED) is 0.671. The Kier molecular flexibility index (Phi) is 6.67. The van der Waals surface area contributed by atoms with Gasteiger partial charge in [-0.25, -0.2) is 4.98 Å². The summed E-state index contributed by atoms with van der Waals surface area (Å²) in [4.78, 5) is 20.7. The number of ether oxygens (including phenoxy) is 1. The molecule has 0 radical (unpaired) electrons. The summed E-state index contributed by atoms with van der Waals surface area (Å²) in [7, 11) is 1.61. The SMILES string of the molecule is COc1ccc(C(=O)Nc2nc3c(s2)CN(Cc2ccccc2)CC3)cc1.Cl. The van der Waals surface area contributed by atoms with Crippen molar-refractivity contribution in [1.82, 2.24) is 9.88 Å². The fraction of sp³-hybridized carbons (Fsp3) is 0.238. The van der Waals surface area contributed by atoms with E-state index in [0.717, 1.165) is 37.5 Å². The molecule has 0 fully saturated rings. The molecule has 4 rings (SSSR count). The highest BCUT2D eigenvalue weighted by Gasteiger charge is 2.21. The zero-order valence-electron chi connectivity index (χ0n) is 15.6. The van der Waals surface area contributed by atoms with Crippen LogP contribution >= 0.6 is 23.7 Å². The maximum atomic E-state index is 12.4. The van der Waals surface area contributed by atoms with Crippen LogP contribution in [0.2, 0.25) is 0 Å². The second kappa shape index (κ2) is 9.19. The Labute approximate surface area is 174 Å². The van der Waals surface area contributed by atoms with Gasteiger partial charge >= 0.3 is 0 Å². The first-order valence-electron chi connectivity index (χ1n) is 8.91. The Hall–Kier alpha value is -2.41. The summed E-state index contributed by atoms with van der Waals surface area (Å²) in [5, 5.41) is 3.60. The summed E-state index contributed by atoms with van der Waals surface area (Å²) in [5.74, 6) is 0.583. The van der Waals surface area contributed by atoms with E-state index in [1.807, 2.05) is 6.07 Å². The standard InChI is InChI=1S/C21H21N3O2S.ClH/c1-26-17-9-7-16(8-10-17)20(25)23-21-22-18-11-12-24(14-19(18)27-21)13-15-5-3-2-4-6-15;/h2-10H,11-14H2,1H3,(H,22,23,25);1H. The predicted molar refractivity (Wildman–Crippen MR) is 115 cm³/mol. The van der Waals surface area contributed by atoms with Gasteiger partial charge in [-0.3, -0.25) is 15.0 Å². The van der Waals surface area contributed by atoms with Crippen LogP contribution in [0.5, 0.6) is 5.75 Å². The van der Waals surface area contributed by atoms with Gasteiger partial charge in [-0.1, -0.05) is 30.3 Å². The lowest BCUT2D eigenvalue weighted by atomic mass is 10.1. The number of thiazole rings is 1. The number of benzene rings is 2. The van der Waals surface area contributed by atoms with Crippen molar-refractivity contribution in [2.24, 2.45) is 0 Å². The van der Waals surface area contributed by atoms with E-state index in [1.54, 1.807) is 42.7 Å². The fourth-order valence-electron chi connectivity index (χ4n) is 3.19. The van der Waals surface area contributed by atoms with Gasteiger partial charge in [-0.05, 0) is 29.8 Å². The van der Waals surface area contributed by atoms with Crippen molar-refractivity contribution in [3.63, 3.8) is 0 Å². The van der Waals surface area contributed by atoms with E-state index in [4.69, 9.17) is 4.74 Å². The van der Waals surface area contributed by atoms with Crippen LogP contribution in [-0.4, -0.2) is 29.4 Å². The molecular weight excluding hydrogens is 394 g/mol. The van der Waals surface area contributed by atoms with E-state index in [-0.39, 0.29) is 18.3 Å². The summed E-state index contributed by atoms with van der Waals surface area (Å²) in [6.07, 6.45) is 0.914. The van der Waals surface area contributed by atoms with Crippen LogP contribution < -0.4 is 10.1 Å². The highest BCUT2D eigenvalue weighted by molar-refractivity contribution is 7.15. The second-order valence-electron chi connectivity index (χ2n) is 6.52. The number of carbonyl (C=O) groups excluding carboxylic acids is 1. The highest BCUT2D eigenvalue weighted by Crippen LogP contribution is 2.29. The van der Waals surface area contributed by atoms with Crippen LogP contribution in [0.15, 0.2) is 54.6 Å². The zero-order valence-corrected chi connectivity index (χ0v) is 17.2.